The van der Waals surface area contributed by atoms with Gasteiger partial charge in [-0.25, -0.2) is 0 Å². The van der Waals surface area contributed by atoms with E-state index in [2.05, 4.69) is 210 Å². The Bertz CT molecular complexity index is 2600. The summed E-state index contributed by atoms with van der Waals surface area (Å²) in [6.07, 6.45) is 0. The van der Waals surface area contributed by atoms with Crippen molar-refractivity contribution in [3.8, 4) is 50.2 Å². The maximum atomic E-state index is 3.71. The quantitative estimate of drug-likeness (QED) is 0.184. The fraction of sp³-hybridized carbons (Fsp3) is 0. The maximum Gasteiger partial charge on any atom is 0.0541 e. The van der Waals surface area contributed by atoms with E-state index in [9.17, 15) is 0 Å². The van der Waals surface area contributed by atoms with Gasteiger partial charge in [-0.3, -0.25) is 0 Å². The molecule has 9 aromatic rings. The fourth-order valence-electron chi connectivity index (χ4n) is 7.14. The molecule has 2 heteroatoms. The molecule has 9 rings (SSSR count). The van der Waals surface area contributed by atoms with Gasteiger partial charge in [0.15, 0.2) is 0 Å². The first-order valence-corrected chi connectivity index (χ1v) is 17.1. The van der Waals surface area contributed by atoms with Gasteiger partial charge in [-0.1, -0.05) is 146 Å². The summed E-state index contributed by atoms with van der Waals surface area (Å²) in [6.45, 7) is 0. The Morgan fingerprint density at radius 1 is 0.320 bits per heavy atom. The van der Waals surface area contributed by atoms with E-state index in [1.54, 1.807) is 0 Å². The number of para-hydroxylation sites is 2. The molecular weight excluding hydrogens is 605 g/mol. The van der Waals surface area contributed by atoms with Gasteiger partial charge in [-0.2, -0.15) is 0 Å². The standard InChI is InChI=1S/C48H34N2/c1-3-13-34(14-4-1)36-25-28-42(29-26-36)50-47-24-10-8-22-44(47)45-33-39(27-30-48(45)50)37-17-11-19-40(31-37)43-21-7-9-23-46(43)49-41-20-12-18-38(32-41)35-15-5-2-6-16-35/h1-33,49H. The summed E-state index contributed by atoms with van der Waals surface area (Å²) < 4.78 is 2.38. The van der Waals surface area contributed by atoms with Crippen molar-refractivity contribution in [1.29, 1.82) is 0 Å². The maximum absolute atomic E-state index is 3.71. The predicted octanol–water partition coefficient (Wildman–Crippen LogP) is 13.2. The molecule has 0 fully saturated rings. The monoisotopic (exact) mass is 638 g/mol. The highest BCUT2D eigenvalue weighted by atomic mass is 15.0. The smallest absolute Gasteiger partial charge is 0.0541 e. The van der Waals surface area contributed by atoms with Gasteiger partial charge >= 0.3 is 0 Å². The lowest BCUT2D eigenvalue weighted by molar-refractivity contribution is 1.18. The highest BCUT2D eigenvalue weighted by Gasteiger charge is 2.14. The van der Waals surface area contributed by atoms with Crippen LogP contribution in [-0.2, 0) is 0 Å². The molecule has 0 atom stereocenters. The fourth-order valence-corrected chi connectivity index (χ4v) is 7.14. The van der Waals surface area contributed by atoms with Crippen LogP contribution in [0.5, 0.6) is 0 Å². The van der Waals surface area contributed by atoms with E-state index in [0.717, 1.165) is 22.6 Å². The summed E-state index contributed by atoms with van der Waals surface area (Å²) in [5.74, 6) is 0. The summed E-state index contributed by atoms with van der Waals surface area (Å²) in [7, 11) is 0. The number of hydrogen-bond donors (Lipinski definition) is 1. The average Bonchev–Trinajstić information content (AvgIpc) is 3.53. The van der Waals surface area contributed by atoms with E-state index in [4.69, 9.17) is 0 Å². The first kappa shape index (κ1) is 29.5. The van der Waals surface area contributed by atoms with Gasteiger partial charge in [0.1, 0.15) is 0 Å². The zero-order valence-corrected chi connectivity index (χ0v) is 27.5. The Morgan fingerprint density at radius 2 is 0.860 bits per heavy atom. The normalized spacial score (nSPS) is 11.2. The zero-order chi connectivity index (χ0) is 33.3. The number of anilines is 2. The van der Waals surface area contributed by atoms with Crippen molar-refractivity contribution in [2.75, 3.05) is 5.32 Å². The van der Waals surface area contributed by atoms with Crippen LogP contribution in [0.3, 0.4) is 0 Å². The van der Waals surface area contributed by atoms with Crippen LogP contribution in [0.1, 0.15) is 0 Å². The summed E-state index contributed by atoms with van der Waals surface area (Å²) in [5.41, 5.74) is 15.3. The Morgan fingerprint density at radius 3 is 1.66 bits per heavy atom. The molecule has 0 spiro atoms. The highest BCUT2D eigenvalue weighted by molar-refractivity contribution is 6.10. The van der Waals surface area contributed by atoms with E-state index < -0.39 is 0 Å². The molecule has 0 aliphatic rings. The number of aromatic nitrogens is 1. The topological polar surface area (TPSA) is 17.0 Å². The largest absolute Gasteiger partial charge is 0.355 e. The van der Waals surface area contributed by atoms with Crippen LogP contribution in [0, 0.1) is 0 Å². The van der Waals surface area contributed by atoms with Crippen LogP contribution >= 0.6 is 0 Å². The Labute approximate surface area is 292 Å². The SMILES string of the molecule is c1ccc(-c2ccc(-n3c4ccccc4c4cc(-c5cccc(-c6ccccc6Nc6cccc(-c7ccccc7)c6)c5)ccc43)cc2)cc1. The molecule has 0 bridgehead atoms. The molecule has 0 amide bonds. The van der Waals surface area contributed by atoms with Crippen molar-refractivity contribution in [2.24, 2.45) is 0 Å². The first-order chi connectivity index (χ1) is 24.8. The second-order valence-electron chi connectivity index (χ2n) is 12.7. The van der Waals surface area contributed by atoms with Gasteiger partial charge in [0.2, 0.25) is 0 Å². The highest BCUT2D eigenvalue weighted by Crippen LogP contribution is 2.38. The number of nitrogens with one attached hydrogen (secondary N) is 1. The van der Waals surface area contributed by atoms with Gasteiger partial charge in [0, 0.05) is 33.4 Å². The second-order valence-corrected chi connectivity index (χ2v) is 12.7. The lowest BCUT2D eigenvalue weighted by Gasteiger charge is -2.14. The van der Waals surface area contributed by atoms with E-state index in [1.807, 2.05) is 0 Å². The number of benzene rings is 8. The molecule has 1 N–H and O–H groups in total. The molecule has 0 aliphatic heterocycles. The molecule has 8 aromatic carbocycles. The van der Waals surface area contributed by atoms with Crippen LogP contribution in [0.15, 0.2) is 200 Å². The minimum Gasteiger partial charge on any atom is -0.355 e. The van der Waals surface area contributed by atoms with Gasteiger partial charge in [-0.15, -0.1) is 0 Å². The average molecular weight is 639 g/mol. The van der Waals surface area contributed by atoms with Gasteiger partial charge < -0.3 is 9.88 Å². The molecule has 0 radical (unpaired) electrons. The van der Waals surface area contributed by atoms with Crippen LogP contribution in [0.4, 0.5) is 11.4 Å². The third-order valence-corrected chi connectivity index (χ3v) is 9.59. The van der Waals surface area contributed by atoms with Crippen molar-refractivity contribution >= 4 is 33.2 Å². The molecule has 236 valence electrons. The third kappa shape index (κ3) is 5.53. The molecule has 0 aliphatic carbocycles. The third-order valence-electron chi connectivity index (χ3n) is 9.59. The van der Waals surface area contributed by atoms with Crippen molar-refractivity contribution in [3.63, 3.8) is 0 Å². The molecule has 50 heavy (non-hydrogen) atoms. The molecule has 1 heterocycles. The van der Waals surface area contributed by atoms with Gasteiger partial charge in [0.05, 0.1) is 11.0 Å². The first-order valence-electron chi connectivity index (χ1n) is 17.1. The van der Waals surface area contributed by atoms with Crippen LogP contribution in [0.2, 0.25) is 0 Å². The summed E-state index contributed by atoms with van der Waals surface area (Å²) >= 11 is 0. The Kier molecular flexibility index (Phi) is 7.53. The molecule has 1 aromatic heterocycles. The number of hydrogen-bond acceptors (Lipinski definition) is 1. The predicted molar refractivity (Wildman–Crippen MR) is 212 cm³/mol. The molecule has 0 unspecified atom stereocenters. The van der Waals surface area contributed by atoms with Crippen molar-refractivity contribution in [2.45, 2.75) is 0 Å². The lowest BCUT2D eigenvalue weighted by Crippen LogP contribution is -1.94. The molecule has 0 saturated carbocycles. The summed E-state index contributed by atoms with van der Waals surface area (Å²) in [6, 6.07) is 71.6. The summed E-state index contributed by atoms with van der Waals surface area (Å²) in [4.78, 5) is 0. The van der Waals surface area contributed by atoms with E-state index in [-0.39, 0.29) is 0 Å². The van der Waals surface area contributed by atoms with Gasteiger partial charge in [-0.05, 0) is 93.5 Å². The van der Waals surface area contributed by atoms with Crippen molar-refractivity contribution in [1.82, 2.24) is 4.57 Å². The Balaban J connectivity index is 1.07. The zero-order valence-electron chi connectivity index (χ0n) is 27.5. The minimum absolute atomic E-state index is 1.06. The minimum atomic E-state index is 1.06. The summed E-state index contributed by atoms with van der Waals surface area (Å²) in [5, 5.41) is 6.21. The van der Waals surface area contributed by atoms with Crippen LogP contribution in [-0.4, -0.2) is 4.57 Å². The van der Waals surface area contributed by atoms with E-state index in [1.165, 1.54) is 60.8 Å². The second kappa shape index (κ2) is 12.8. The number of nitrogens with zero attached hydrogens (tertiary/aromatic N) is 1. The Hall–Kier alpha value is -6.64. The van der Waals surface area contributed by atoms with Crippen molar-refractivity contribution in [3.05, 3.63) is 200 Å². The molecule has 2 nitrogen and oxygen atoms in total. The number of fused-ring (bicyclic) bond motifs is 3. The van der Waals surface area contributed by atoms with Crippen LogP contribution < -0.4 is 5.32 Å². The van der Waals surface area contributed by atoms with Crippen LogP contribution in [0.25, 0.3) is 72.0 Å². The lowest BCUT2D eigenvalue weighted by atomic mass is 9.97. The van der Waals surface area contributed by atoms with Crippen molar-refractivity contribution < 1.29 is 0 Å². The molecular formula is C48H34N2. The number of rotatable bonds is 7. The van der Waals surface area contributed by atoms with E-state index >= 15 is 0 Å². The molecule has 0 saturated heterocycles. The van der Waals surface area contributed by atoms with E-state index in [0.29, 0.717) is 0 Å². The van der Waals surface area contributed by atoms with Gasteiger partial charge in [0.25, 0.3) is 0 Å².